The highest BCUT2D eigenvalue weighted by molar-refractivity contribution is 5.88. The zero-order valence-corrected chi connectivity index (χ0v) is 12.6. The minimum atomic E-state index is -0.261. The molecule has 0 heterocycles. The van der Waals surface area contributed by atoms with Crippen LogP contribution < -0.4 is 0 Å². The molecule has 112 valence electrons. The third-order valence-corrected chi connectivity index (χ3v) is 3.92. The Labute approximate surface area is 129 Å². The van der Waals surface area contributed by atoms with Crippen LogP contribution in [0.4, 0.5) is 4.39 Å². The van der Waals surface area contributed by atoms with Crippen LogP contribution in [0.1, 0.15) is 17.2 Å². The van der Waals surface area contributed by atoms with E-state index in [9.17, 15) is 9.50 Å². The van der Waals surface area contributed by atoms with Gasteiger partial charge in [0.15, 0.2) is 0 Å². The smallest absolute Gasteiger partial charge is 0.123 e. The summed E-state index contributed by atoms with van der Waals surface area (Å²) in [5.41, 5.74) is 1.78. The van der Waals surface area contributed by atoms with Crippen molar-refractivity contribution < 1.29 is 9.50 Å². The van der Waals surface area contributed by atoms with Crippen LogP contribution in [-0.2, 0) is 0 Å². The predicted octanol–water partition coefficient (Wildman–Crippen LogP) is 4.34. The first kappa shape index (κ1) is 14.5. The van der Waals surface area contributed by atoms with Crippen LogP contribution in [-0.4, -0.2) is 24.1 Å². The summed E-state index contributed by atoms with van der Waals surface area (Å²) in [5.74, 6) is -0.00915. The van der Waals surface area contributed by atoms with E-state index in [-0.39, 0.29) is 17.6 Å². The second kappa shape index (κ2) is 5.78. The van der Waals surface area contributed by atoms with E-state index in [0.717, 1.165) is 21.9 Å². The summed E-state index contributed by atoms with van der Waals surface area (Å²) in [7, 11) is 3.91. The number of phenols is 1. The third-order valence-electron chi connectivity index (χ3n) is 3.92. The van der Waals surface area contributed by atoms with Gasteiger partial charge in [0.05, 0.1) is 6.04 Å². The number of halogens is 1. The van der Waals surface area contributed by atoms with Gasteiger partial charge in [0.1, 0.15) is 11.6 Å². The Morgan fingerprint density at radius 1 is 0.909 bits per heavy atom. The van der Waals surface area contributed by atoms with E-state index in [4.69, 9.17) is 0 Å². The molecule has 3 aromatic rings. The number of hydrogen-bond acceptors (Lipinski definition) is 2. The average molecular weight is 295 g/mol. The molecule has 3 rings (SSSR count). The summed E-state index contributed by atoms with van der Waals surface area (Å²) < 4.78 is 13.2. The fourth-order valence-corrected chi connectivity index (χ4v) is 2.94. The van der Waals surface area contributed by atoms with Gasteiger partial charge in [-0.1, -0.05) is 42.5 Å². The lowest BCUT2D eigenvalue weighted by atomic mass is 9.92. The molecule has 0 bridgehead atoms. The zero-order valence-electron chi connectivity index (χ0n) is 12.6. The topological polar surface area (TPSA) is 23.5 Å². The van der Waals surface area contributed by atoms with Crippen molar-refractivity contribution in [3.05, 3.63) is 77.6 Å². The van der Waals surface area contributed by atoms with Crippen molar-refractivity contribution in [3.8, 4) is 5.75 Å². The van der Waals surface area contributed by atoms with Gasteiger partial charge in [-0.3, -0.25) is 4.90 Å². The molecule has 0 spiro atoms. The van der Waals surface area contributed by atoms with E-state index in [1.807, 2.05) is 49.3 Å². The van der Waals surface area contributed by atoms with Gasteiger partial charge in [-0.25, -0.2) is 4.39 Å². The van der Waals surface area contributed by atoms with Crippen LogP contribution in [0.5, 0.6) is 5.75 Å². The highest BCUT2D eigenvalue weighted by Gasteiger charge is 2.22. The van der Waals surface area contributed by atoms with E-state index < -0.39 is 0 Å². The van der Waals surface area contributed by atoms with Gasteiger partial charge in [-0.05, 0) is 48.6 Å². The van der Waals surface area contributed by atoms with Gasteiger partial charge in [-0.2, -0.15) is 0 Å². The summed E-state index contributed by atoms with van der Waals surface area (Å²) >= 11 is 0. The van der Waals surface area contributed by atoms with Crippen molar-refractivity contribution in [2.24, 2.45) is 0 Å². The van der Waals surface area contributed by atoms with Crippen molar-refractivity contribution in [1.29, 1.82) is 0 Å². The molecule has 0 aliphatic heterocycles. The lowest BCUT2D eigenvalue weighted by Crippen LogP contribution is -2.21. The number of hydrogen-bond donors (Lipinski definition) is 1. The van der Waals surface area contributed by atoms with Crippen LogP contribution in [0.25, 0.3) is 10.8 Å². The molecule has 1 N–H and O–H groups in total. The average Bonchev–Trinajstić information content (AvgIpc) is 2.51. The minimum absolute atomic E-state index is 0.147. The fourth-order valence-electron chi connectivity index (χ4n) is 2.94. The molecule has 0 fully saturated rings. The van der Waals surface area contributed by atoms with E-state index in [1.54, 1.807) is 18.2 Å². The highest BCUT2D eigenvalue weighted by Crippen LogP contribution is 2.38. The lowest BCUT2D eigenvalue weighted by Gasteiger charge is -2.27. The van der Waals surface area contributed by atoms with Crippen LogP contribution in [0.2, 0.25) is 0 Å². The predicted molar refractivity (Wildman–Crippen MR) is 87.5 cm³/mol. The molecular weight excluding hydrogens is 277 g/mol. The van der Waals surface area contributed by atoms with E-state index in [1.165, 1.54) is 12.1 Å². The Bertz CT molecular complexity index is 796. The first-order valence-corrected chi connectivity index (χ1v) is 7.20. The van der Waals surface area contributed by atoms with Gasteiger partial charge >= 0.3 is 0 Å². The molecule has 2 nitrogen and oxygen atoms in total. The van der Waals surface area contributed by atoms with Crippen molar-refractivity contribution in [3.63, 3.8) is 0 Å². The number of rotatable bonds is 3. The number of nitrogens with zero attached hydrogens (tertiary/aromatic N) is 1. The Hall–Kier alpha value is -2.39. The van der Waals surface area contributed by atoms with E-state index in [0.29, 0.717) is 0 Å². The van der Waals surface area contributed by atoms with Crippen molar-refractivity contribution >= 4 is 10.8 Å². The van der Waals surface area contributed by atoms with Crippen molar-refractivity contribution in [1.82, 2.24) is 4.90 Å². The number of benzene rings is 3. The zero-order chi connectivity index (χ0) is 15.7. The summed E-state index contributed by atoms with van der Waals surface area (Å²) in [6.45, 7) is 0. The first-order valence-electron chi connectivity index (χ1n) is 7.20. The maximum absolute atomic E-state index is 13.2. The largest absolute Gasteiger partial charge is 0.508 e. The number of phenolic OH excluding ortho intramolecular Hbond substituents is 1. The molecule has 0 amide bonds. The van der Waals surface area contributed by atoms with Gasteiger partial charge in [0, 0.05) is 5.56 Å². The maximum Gasteiger partial charge on any atom is 0.123 e. The summed E-state index contributed by atoms with van der Waals surface area (Å²) in [6.07, 6.45) is 0. The molecule has 3 heteroatoms. The monoisotopic (exact) mass is 295 g/mol. The van der Waals surface area contributed by atoms with E-state index in [2.05, 4.69) is 0 Å². The maximum atomic E-state index is 13.2. The molecule has 0 radical (unpaired) electrons. The Morgan fingerprint density at radius 2 is 1.59 bits per heavy atom. The SMILES string of the molecule is CN(C)C(c1ccc(F)cc1)c1c(O)ccc2ccccc12. The van der Waals surface area contributed by atoms with Crippen LogP contribution in [0.3, 0.4) is 0 Å². The third kappa shape index (κ3) is 2.55. The molecule has 3 aromatic carbocycles. The van der Waals surface area contributed by atoms with Crippen LogP contribution in [0.15, 0.2) is 60.7 Å². The van der Waals surface area contributed by atoms with Crippen molar-refractivity contribution in [2.75, 3.05) is 14.1 Å². The molecule has 0 saturated carbocycles. The lowest BCUT2D eigenvalue weighted by molar-refractivity contribution is 0.333. The van der Waals surface area contributed by atoms with E-state index >= 15 is 0 Å². The van der Waals surface area contributed by atoms with Crippen LogP contribution >= 0.6 is 0 Å². The standard InChI is InChI=1S/C19H18FNO/c1-21(2)19(14-7-10-15(20)11-8-14)18-16-6-4-3-5-13(16)9-12-17(18)22/h3-12,19,22H,1-2H3. The summed E-state index contributed by atoms with van der Waals surface area (Å²) in [5, 5.41) is 12.5. The fraction of sp³-hybridized carbons (Fsp3) is 0.158. The molecule has 1 atom stereocenters. The van der Waals surface area contributed by atoms with Crippen molar-refractivity contribution in [2.45, 2.75) is 6.04 Å². The molecule has 22 heavy (non-hydrogen) atoms. The van der Waals surface area contributed by atoms with Gasteiger partial charge in [0.2, 0.25) is 0 Å². The van der Waals surface area contributed by atoms with Gasteiger partial charge in [0.25, 0.3) is 0 Å². The number of fused-ring (bicyclic) bond motifs is 1. The molecule has 0 aliphatic carbocycles. The van der Waals surface area contributed by atoms with Crippen LogP contribution in [0, 0.1) is 5.82 Å². The molecular formula is C19H18FNO. The Morgan fingerprint density at radius 3 is 2.27 bits per heavy atom. The Balaban J connectivity index is 2.25. The van der Waals surface area contributed by atoms with Gasteiger partial charge in [-0.15, -0.1) is 0 Å². The minimum Gasteiger partial charge on any atom is -0.508 e. The normalized spacial score (nSPS) is 12.7. The Kier molecular flexibility index (Phi) is 3.82. The second-order valence-electron chi connectivity index (χ2n) is 5.64. The number of aromatic hydroxyl groups is 1. The molecule has 0 aromatic heterocycles. The quantitative estimate of drug-likeness (QED) is 0.777. The second-order valence-corrected chi connectivity index (χ2v) is 5.64. The molecule has 1 unspecified atom stereocenters. The molecule has 0 saturated heterocycles. The van der Waals surface area contributed by atoms with Gasteiger partial charge < -0.3 is 5.11 Å². The summed E-state index contributed by atoms with van der Waals surface area (Å²) in [4.78, 5) is 2.02. The highest BCUT2D eigenvalue weighted by atomic mass is 19.1. The molecule has 0 aliphatic rings. The summed E-state index contributed by atoms with van der Waals surface area (Å²) in [6, 6.07) is 17.9. The first-order chi connectivity index (χ1) is 10.6.